The molecule has 2 heteroatoms. The van der Waals surface area contributed by atoms with Crippen LogP contribution in [-0.2, 0) is 5.41 Å². The van der Waals surface area contributed by atoms with Gasteiger partial charge >= 0.3 is 0 Å². The van der Waals surface area contributed by atoms with E-state index < -0.39 is 0 Å². The van der Waals surface area contributed by atoms with Gasteiger partial charge in [0.1, 0.15) is 5.75 Å². The van der Waals surface area contributed by atoms with Crippen LogP contribution in [-0.4, -0.2) is 19.7 Å². The number of nitrogens with one attached hydrogen (secondary N) is 1. The van der Waals surface area contributed by atoms with Crippen LogP contribution in [0.5, 0.6) is 5.75 Å². The first-order chi connectivity index (χ1) is 10.3. The normalized spacial score (nSPS) is 20.0. The number of benzene rings is 1. The van der Waals surface area contributed by atoms with Gasteiger partial charge in [0, 0.05) is 12.5 Å². The zero-order chi connectivity index (χ0) is 16.2. The first-order valence-electron chi connectivity index (χ1n) is 8.70. The van der Waals surface area contributed by atoms with Crippen molar-refractivity contribution in [2.45, 2.75) is 59.3 Å². The van der Waals surface area contributed by atoms with E-state index in [2.05, 4.69) is 64.2 Å². The van der Waals surface area contributed by atoms with Crippen molar-refractivity contribution in [1.29, 1.82) is 0 Å². The molecule has 0 aliphatic carbocycles. The van der Waals surface area contributed by atoms with Gasteiger partial charge in [-0.25, -0.2) is 0 Å². The predicted molar refractivity (Wildman–Crippen MR) is 94.6 cm³/mol. The van der Waals surface area contributed by atoms with Crippen LogP contribution in [0.25, 0.3) is 0 Å². The summed E-state index contributed by atoms with van der Waals surface area (Å²) in [5.41, 5.74) is 1.94. The molecule has 0 spiro atoms. The molecule has 1 aliphatic rings. The van der Waals surface area contributed by atoms with Gasteiger partial charge in [-0.1, -0.05) is 46.8 Å². The molecular weight excluding hydrogens is 270 g/mol. The molecule has 1 aromatic rings. The van der Waals surface area contributed by atoms with Gasteiger partial charge in [-0.15, -0.1) is 0 Å². The average Bonchev–Trinajstić information content (AvgIpc) is 2.44. The van der Waals surface area contributed by atoms with Crippen molar-refractivity contribution in [1.82, 2.24) is 5.32 Å². The highest BCUT2D eigenvalue weighted by Crippen LogP contribution is 2.36. The Balaban J connectivity index is 1.91. The lowest BCUT2D eigenvalue weighted by molar-refractivity contribution is 0.218. The number of hydrogen-bond acceptors (Lipinski definition) is 2. The molecule has 0 amide bonds. The third-order valence-electron chi connectivity index (χ3n) is 4.49. The molecule has 2 nitrogen and oxygen atoms in total. The Morgan fingerprint density at radius 2 is 1.77 bits per heavy atom. The van der Waals surface area contributed by atoms with E-state index in [0.717, 1.165) is 25.4 Å². The highest BCUT2D eigenvalue weighted by atomic mass is 16.5. The van der Waals surface area contributed by atoms with Crippen LogP contribution in [0.1, 0.15) is 59.4 Å². The van der Waals surface area contributed by atoms with Gasteiger partial charge in [0.15, 0.2) is 0 Å². The molecule has 1 N–H and O–H groups in total. The Morgan fingerprint density at radius 3 is 2.32 bits per heavy atom. The topological polar surface area (TPSA) is 21.3 Å². The van der Waals surface area contributed by atoms with Gasteiger partial charge in [0.2, 0.25) is 0 Å². The van der Waals surface area contributed by atoms with E-state index in [4.69, 9.17) is 4.74 Å². The average molecular weight is 303 g/mol. The summed E-state index contributed by atoms with van der Waals surface area (Å²) >= 11 is 0. The van der Waals surface area contributed by atoms with E-state index in [9.17, 15) is 0 Å². The first kappa shape index (κ1) is 17.3. The van der Waals surface area contributed by atoms with Crippen LogP contribution in [0.15, 0.2) is 24.3 Å². The third-order valence-corrected chi connectivity index (χ3v) is 4.49. The monoisotopic (exact) mass is 303 g/mol. The molecule has 124 valence electrons. The highest BCUT2D eigenvalue weighted by Gasteiger charge is 2.27. The van der Waals surface area contributed by atoms with Crippen LogP contribution in [0.2, 0.25) is 0 Å². The summed E-state index contributed by atoms with van der Waals surface area (Å²) in [6.07, 6.45) is 3.73. The van der Waals surface area contributed by atoms with Crippen LogP contribution in [0.3, 0.4) is 0 Å². The summed E-state index contributed by atoms with van der Waals surface area (Å²) in [5, 5.41) is 3.44. The summed E-state index contributed by atoms with van der Waals surface area (Å²) in [6, 6.07) is 8.74. The zero-order valence-corrected chi connectivity index (χ0v) is 15.0. The minimum Gasteiger partial charge on any atom is -0.493 e. The maximum atomic E-state index is 5.97. The highest BCUT2D eigenvalue weighted by molar-refractivity contribution is 5.31. The summed E-state index contributed by atoms with van der Waals surface area (Å²) < 4.78 is 5.97. The fourth-order valence-electron chi connectivity index (χ4n) is 3.71. The molecule has 1 fully saturated rings. The molecule has 2 rings (SSSR count). The minimum atomic E-state index is 0.198. The fourth-order valence-corrected chi connectivity index (χ4v) is 3.71. The predicted octanol–water partition coefficient (Wildman–Crippen LogP) is 4.78. The standard InChI is InChI=1S/C20H33NO/c1-19(2,3)15-20(4,5)17-8-10-18(11-9-17)22-14-16-7-6-12-21-13-16/h8-11,16,21H,6-7,12-15H2,1-5H3. The van der Waals surface area contributed by atoms with Gasteiger partial charge < -0.3 is 10.1 Å². The SMILES string of the molecule is CC(C)(C)CC(C)(C)c1ccc(OCC2CCCNC2)cc1. The minimum absolute atomic E-state index is 0.198. The molecule has 0 radical (unpaired) electrons. The van der Waals surface area contributed by atoms with E-state index in [-0.39, 0.29) is 5.41 Å². The molecular formula is C20H33NO. The van der Waals surface area contributed by atoms with Gasteiger partial charge in [-0.05, 0) is 54.3 Å². The molecule has 0 aromatic heterocycles. The largest absolute Gasteiger partial charge is 0.493 e. The lowest BCUT2D eigenvalue weighted by Gasteiger charge is -2.33. The smallest absolute Gasteiger partial charge is 0.119 e. The Bertz CT molecular complexity index is 450. The molecule has 1 saturated heterocycles. The van der Waals surface area contributed by atoms with Crippen molar-refractivity contribution in [2.75, 3.05) is 19.7 Å². The Kier molecular flexibility index (Phi) is 5.55. The van der Waals surface area contributed by atoms with Gasteiger partial charge in [0.05, 0.1) is 6.61 Å². The number of ether oxygens (including phenoxy) is 1. The summed E-state index contributed by atoms with van der Waals surface area (Å²) in [6.45, 7) is 14.7. The van der Waals surface area contributed by atoms with Gasteiger partial charge in [-0.2, -0.15) is 0 Å². The number of rotatable bonds is 5. The molecule has 1 unspecified atom stereocenters. The zero-order valence-electron chi connectivity index (χ0n) is 15.0. The molecule has 1 atom stereocenters. The van der Waals surface area contributed by atoms with Gasteiger partial charge in [0.25, 0.3) is 0 Å². The summed E-state index contributed by atoms with van der Waals surface area (Å²) in [4.78, 5) is 0. The van der Waals surface area contributed by atoms with Crippen molar-refractivity contribution >= 4 is 0 Å². The van der Waals surface area contributed by atoms with Crippen LogP contribution < -0.4 is 10.1 Å². The van der Waals surface area contributed by atoms with Crippen molar-refractivity contribution in [2.24, 2.45) is 11.3 Å². The van der Waals surface area contributed by atoms with Crippen molar-refractivity contribution < 1.29 is 4.74 Å². The van der Waals surface area contributed by atoms with Crippen LogP contribution in [0.4, 0.5) is 0 Å². The number of piperidine rings is 1. The van der Waals surface area contributed by atoms with E-state index in [1.807, 2.05) is 0 Å². The molecule has 0 saturated carbocycles. The second kappa shape index (κ2) is 7.04. The maximum Gasteiger partial charge on any atom is 0.119 e. The Morgan fingerprint density at radius 1 is 1.09 bits per heavy atom. The van der Waals surface area contributed by atoms with Crippen molar-refractivity contribution in [3.8, 4) is 5.75 Å². The fraction of sp³-hybridized carbons (Fsp3) is 0.700. The van der Waals surface area contributed by atoms with Gasteiger partial charge in [-0.3, -0.25) is 0 Å². The third kappa shape index (κ3) is 5.31. The van der Waals surface area contributed by atoms with E-state index in [1.165, 1.54) is 24.8 Å². The second-order valence-electron chi connectivity index (χ2n) is 8.67. The molecule has 1 aromatic carbocycles. The van der Waals surface area contributed by atoms with Crippen molar-refractivity contribution in [3.05, 3.63) is 29.8 Å². The van der Waals surface area contributed by atoms with E-state index in [0.29, 0.717) is 11.3 Å². The molecule has 22 heavy (non-hydrogen) atoms. The Hall–Kier alpha value is -1.02. The quantitative estimate of drug-likeness (QED) is 0.845. The summed E-state index contributed by atoms with van der Waals surface area (Å²) in [5.74, 6) is 1.66. The van der Waals surface area contributed by atoms with E-state index >= 15 is 0 Å². The van der Waals surface area contributed by atoms with E-state index in [1.54, 1.807) is 0 Å². The van der Waals surface area contributed by atoms with Crippen LogP contribution in [0, 0.1) is 11.3 Å². The Labute approximate surface area is 136 Å². The summed E-state index contributed by atoms with van der Waals surface area (Å²) in [7, 11) is 0. The first-order valence-corrected chi connectivity index (χ1v) is 8.70. The molecule has 1 aliphatic heterocycles. The molecule has 1 heterocycles. The number of hydrogen-bond donors (Lipinski definition) is 1. The van der Waals surface area contributed by atoms with Crippen LogP contribution >= 0.6 is 0 Å². The molecule has 0 bridgehead atoms. The van der Waals surface area contributed by atoms with Crippen molar-refractivity contribution in [3.63, 3.8) is 0 Å². The maximum absolute atomic E-state index is 5.97. The lowest BCUT2D eigenvalue weighted by atomic mass is 9.72. The lowest BCUT2D eigenvalue weighted by Crippen LogP contribution is -2.33. The second-order valence-corrected chi connectivity index (χ2v) is 8.67.